The van der Waals surface area contributed by atoms with Gasteiger partial charge in [-0.15, -0.1) is 0 Å². The summed E-state index contributed by atoms with van der Waals surface area (Å²) in [4.78, 5) is 6.87. The van der Waals surface area contributed by atoms with E-state index in [1.165, 1.54) is 5.56 Å². The van der Waals surface area contributed by atoms with Crippen LogP contribution in [0, 0.1) is 5.92 Å². The van der Waals surface area contributed by atoms with Crippen LogP contribution < -0.4 is 0 Å². The Labute approximate surface area is 136 Å². The van der Waals surface area contributed by atoms with Gasteiger partial charge in [-0.1, -0.05) is 35.9 Å². The molecule has 1 aliphatic heterocycles. The molecule has 1 aromatic carbocycles. The highest BCUT2D eigenvalue weighted by Gasteiger charge is 2.20. The number of hydrogen-bond donors (Lipinski definition) is 0. The van der Waals surface area contributed by atoms with Crippen molar-refractivity contribution in [2.75, 3.05) is 19.8 Å². The number of ether oxygens (including phenoxy) is 1. The van der Waals surface area contributed by atoms with Crippen molar-refractivity contribution < 1.29 is 4.74 Å². The smallest absolute Gasteiger partial charge is 0.0544 e. The molecule has 0 saturated carbocycles. The predicted octanol–water partition coefficient (Wildman–Crippen LogP) is 3.77. The van der Waals surface area contributed by atoms with Crippen LogP contribution in [0.15, 0.2) is 48.7 Å². The normalized spacial score (nSPS) is 18.0. The average molecular weight is 317 g/mol. The molecule has 1 aliphatic rings. The fraction of sp³-hybridized carbons (Fsp3) is 0.389. The highest BCUT2D eigenvalue weighted by atomic mass is 35.5. The van der Waals surface area contributed by atoms with Crippen LogP contribution in [0.1, 0.15) is 17.7 Å². The highest BCUT2D eigenvalue weighted by Crippen LogP contribution is 2.21. The van der Waals surface area contributed by atoms with E-state index < -0.39 is 0 Å². The van der Waals surface area contributed by atoms with Crippen molar-refractivity contribution in [3.8, 4) is 0 Å². The second-order valence-corrected chi connectivity index (χ2v) is 6.22. The lowest BCUT2D eigenvalue weighted by atomic mass is 10.1. The summed E-state index contributed by atoms with van der Waals surface area (Å²) < 4.78 is 5.51. The number of pyridine rings is 1. The topological polar surface area (TPSA) is 25.4 Å². The molecule has 2 aromatic rings. The van der Waals surface area contributed by atoms with Crippen molar-refractivity contribution in [1.29, 1.82) is 0 Å². The Kier molecular flexibility index (Phi) is 5.43. The van der Waals surface area contributed by atoms with Crippen molar-refractivity contribution in [1.82, 2.24) is 9.88 Å². The van der Waals surface area contributed by atoms with Gasteiger partial charge >= 0.3 is 0 Å². The zero-order valence-corrected chi connectivity index (χ0v) is 13.4. The summed E-state index contributed by atoms with van der Waals surface area (Å²) in [6, 6.07) is 14.1. The van der Waals surface area contributed by atoms with Gasteiger partial charge in [-0.3, -0.25) is 9.88 Å². The van der Waals surface area contributed by atoms with Crippen LogP contribution in [0.4, 0.5) is 0 Å². The van der Waals surface area contributed by atoms with Gasteiger partial charge in [0.25, 0.3) is 0 Å². The Balaban J connectivity index is 1.71. The van der Waals surface area contributed by atoms with Crippen molar-refractivity contribution in [2.24, 2.45) is 5.92 Å². The van der Waals surface area contributed by atoms with E-state index in [2.05, 4.69) is 22.0 Å². The van der Waals surface area contributed by atoms with Gasteiger partial charge in [0.05, 0.1) is 12.3 Å². The Morgan fingerprint density at radius 3 is 2.73 bits per heavy atom. The van der Waals surface area contributed by atoms with Crippen LogP contribution in [0.25, 0.3) is 0 Å². The van der Waals surface area contributed by atoms with E-state index in [1.54, 1.807) is 0 Å². The first-order valence-electron chi connectivity index (χ1n) is 7.74. The van der Waals surface area contributed by atoms with Gasteiger partial charge in [0.1, 0.15) is 0 Å². The largest absolute Gasteiger partial charge is 0.381 e. The third kappa shape index (κ3) is 4.29. The first-order chi connectivity index (χ1) is 10.8. The van der Waals surface area contributed by atoms with Crippen LogP contribution in [-0.2, 0) is 17.8 Å². The standard InChI is InChI=1S/C18H21ClN2O/c19-18-7-2-1-5-16(18)12-21(11-15-8-10-22-14-15)13-17-6-3-4-9-20-17/h1-7,9,15H,8,10-14H2. The lowest BCUT2D eigenvalue weighted by Crippen LogP contribution is -2.29. The molecule has 116 valence electrons. The van der Waals surface area contributed by atoms with E-state index >= 15 is 0 Å². The molecular weight excluding hydrogens is 296 g/mol. The van der Waals surface area contributed by atoms with Crippen LogP contribution in [0.3, 0.4) is 0 Å². The molecule has 1 unspecified atom stereocenters. The zero-order valence-electron chi connectivity index (χ0n) is 12.6. The van der Waals surface area contributed by atoms with E-state index in [9.17, 15) is 0 Å². The number of rotatable bonds is 6. The summed E-state index contributed by atoms with van der Waals surface area (Å²) in [6.07, 6.45) is 2.99. The van der Waals surface area contributed by atoms with Gasteiger partial charge in [0.15, 0.2) is 0 Å². The predicted molar refractivity (Wildman–Crippen MR) is 88.7 cm³/mol. The average Bonchev–Trinajstić information content (AvgIpc) is 3.03. The molecule has 3 rings (SSSR count). The SMILES string of the molecule is Clc1ccccc1CN(Cc1ccccn1)CC1CCOC1. The Morgan fingerprint density at radius 1 is 1.14 bits per heavy atom. The first kappa shape index (κ1) is 15.5. The van der Waals surface area contributed by atoms with E-state index in [0.717, 1.165) is 50.0 Å². The molecule has 0 spiro atoms. The fourth-order valence-corrected chi connectivity index (χ4v) is 3.06. The number of hydrogen-bond acceptors (Lipinski definition) is 3. The molecule has 3 nitrogen and oxygen atoms in total. The second kappa shape index (κ2) is 7.73. The van der Waals surface area contributed by atoms with Gasteiger partial charge < -0.3 is 4.74 Å². The van der Waals surface area contributed by atoms with Gasteiger partial charge in [-0.05, 0) is 36.1 Å². The molecule has 1 aromatic heterocycles. The molecule has 0 aliphatic carbocycles. The van der Waals surface area contributed by atoms with Crippen LogP contribution >= 0.6 is 11.6 Å². The molecule has 0 amide bonds. The van der Waals surface area contributed by atoms with Crippen LogP contribution in [0.2, 0.25) is 5.02 Å². The number of benzene rings is 1. The maximum absolute atomic E-state index is 6.32. The maximum Gasteiger partial charge on any atom is 0.0544 e. The second-order valence-electron chi connectivity index (χ2n) is 5.81. The zero-order chi connectivity index (χ0) is 15.2. The highest BCUT2D eigenvalue weighted by molar-refractivity contribution is 6.31. The van der Waals surface area contributed by atoms with E-state index in [0.29, 0.717) is 5.92 Å². The summed E-state index contributed by atoms with van der Waals surface area (Å²) in [6.45, 7) is 4.44. The van der Waals surface area contributed by atoms with Gasteiger partial charge in [0.2, 0.25) is 0 Å². The van der Waals surface area contributed by atoms with E-state index in [4.69, 9.17) is 16.3 Å². The van der Waals surface area contributed by atoms with Crippen molar-refractivity contribution in [3.05, 3.63) is 64.9 Å². The molecule has 1 saturated heterocycles. The third-order valence-corrected chi connectivity index (χ3v) is 4.37. The lowest BCUT2D eigenvalue weighted by Gasteiger charge is -2.25. The number of nitrogens with zero attached hydrogens (tertiary/aromatic N) is 2. The molecule has 1 fully saturated rings. The van der Waals surface area contributed by atoms with Crippen LogP contribution in [0.5, 0.6) is 0 Å². The van der Waals surface area contributed by atoms with Crippen LogP contribution in [-0.4, -0.2) is 29.6 Å². The molecular formula is C18H21ClN2O. The summed E-state index contributed by atoms with van der Waals surface area (Å²) in [5.41, 5.74) is 2.26. The van der Waals surface area contributed by atoms with E-state index in [1.807, 2.05) is 36.5 Å². The molecule has 0 radical (unpaired) electrons. The van der Waals surface area contributed by atoms with Crippen molar-refractivity contribution >= 4 is 11.6 Å². The minimum Gasteiger partial charge on any atom is -0.381 e. The van der Waals surface area contributed by atoms with Gasteiger partial charge in [-0.2, -0.15) is 0 Å². The van der Waals surface area contributed by atoms with Gasteiger partial charge in [-0.25, -0.2) is 0 Å². The fourth-order valence-electron chi connectivity index (χ4n) is 2.87. The number of aromatic nitrogens is 1. The summed E-state index contributed by atoms with van der Waals surface area (Å²) in [5.74, 6) is 0.603. The van der Waals surface area contributed by atoms with Crippen molar-refractivity contribution in [2.45, 2.75) is 19.5 Å². The molecule has 0 bridgehead atoms. The first-order valence-corrected chi connectivity index (χ1v) is 8.12. The van der Waals surface area contributed by atoms with E-state index in [-0.39, 0.29) is 0 Å². The Morgan fingerprint density at radius 2 is 2.00 bits per heavy atom. The van der Waals surface area contributed by atoms with Crippen molar-refractivity contribution in [3.63, 3.8) is 0 Å². The molecule has 1 atom stereocenters. The minimum absolute atomic E-state index is 0.603. The monoisotopic (exact) mass is 316 g/mol. The molecule has 0 N–H and O–H groups in total. The molecule has 22 heavy (non-hydrogen) atoms. The quantitative estimate of drug-likeness (QED) is 0.811. The number of halogens is 1. The summed E-state index contributed by atoms with van der Waals surface area (Å²) in [7, 11) is 0. The molecule has 4 heteroatoms. The Bertz CT molecular complexity index is 585. The minimum atomic E-state index is 0.603. The maximum atomic E-state index is 6.32. The summed E-state index contributed by atoms with van der Waals surface area (Å²) in [5, 5.41) is 0.830. The third-order valence-electron chi connectivity index (χ3n) is 4.00. The Hall–Kier alpha value is -1.42. The van der Waals surface area contributed by atoms with Gasteiger partial charge in [0, 0.05) is 37.5 Å². The molecule has 2 heterocycles. The summed E-state index contributed by atoms with van der Waals surface area (Å²) >= 11 is 6.32. The lowest BCUT2D eigenvalue weighted by molar-refractivity contribution is 0.161.